The van der Waals surface area contributed by atoms with E-state index in [1.807, 2.05) is 48.6 Å². The zero-order valence-electron chi connectivity index (χ0n) is 42.1. The number of esters is 1. The smallest absolute Gasteiger partial charge is 0.306 e. The first-order valence-electron chi connectivity index (χ1n) is 27.2. The van der Waals surface area contributed by atoms with Crippen LogP contribution >= 0.6 is 0 Å². The predicted molar refractivity (Wildman–Crippen MR) is 278 cm³/mol. The maximum absolute atomic E-state index is 13.2. The van der Waals surface area contributed by atoms with Crippen LogP contribution in [0, 0.1) is 0 Å². The summed E-state index contributed by atoms with van der Waals surface area (Å²) in [5, 5.41) is 23.8. The Hall–Kier alpha value is -2.70. The normalized spacial score (nSPS) is 13.8. The van der Waals surface area contributed by atoms with Crippen molar-refractivity contribution in [3.63, 3.8) is 0 Å². The first-order chi connectivity index (χ1) is 31.5. The van der Waals surface area contributed by atoms with Crippen molar-refractivity contribution in [1.82, 2.24) is 5.32 Å². The third-order valence-corrected chi connectivity index (χ3v) is 12.1. The van der Waals surface area contributed by atoms with Crippen molar-refractivity contribution in [1.29, 1.82) is 0 Å². The monoisotopic (exact) mass is 894 g/mol. The molecule has 0 saturated carbocycles. The van der Waals surface area contributed by atoms with E-state index in [0.29, 0.717) is 19.3 Å². The zero-order chi connectivity index (χ0) is 46.7. The van der Waals surface area contributed by atoms with E-state index >= 15 is 0 Å². The summed E-state index contributed by atoms with van der Waals surface area (Å²) < 4.78 is 5.90. The molecule has 0 fully saturated rings. The molecule has 0 aromatic carbocycles. The number of unbranched alkanes of at least 4 members (excludes halogenated alkanes) is 28. The van der Waals surface area contributed by atoms with Crippen LogP contribution in [-0.2, 0) is 14.3 Å². The molecule has 0 aliphatic rings. The SMILES string of the molecule is CC/C=C/C=C/C=C\C=C/C=C/CCCC(CC(=O)NC(CO)C(O)CCCCCCCCCCCCCCCCCC)OC(=O)CCCCCCC/C=C/CCCCCCCCC. The number of amides is 1. The van der Waals surface area contributed by atoms with Crippen LogP contribution in [0.5, 0.6) is 0 Å². The number of carbonyl (C=O) groups excluding carboxylic acids is 2. The van der Waals surface area contributed by atoms with Crippen molar-refractivity contribution in [2.45, 2.75) is 277 Å². The lowest BCUT2D eigenvalue weighted by atomic mass is 10.0. The van der Waals surface area contributed by atoms with Gasteiger partial charge in [-0.15, -0.1) is 0 Å². The number of aliphatic hydroxyl groups is 2. The van der Waals surface area contributed by atoms with Gasteiger partial charge in [0.2, 0.25) is 5.91 Å². The summed E-state index contributed by atoms with van der Waals surface area (Å²) in [6, 6.07) is -0.729. The van der Waals surface area contributed by atoms with Crippen LogP contribution in [0.2, 0.25) is 0 Å². The summed E-state index contributed by atoms with van der Waals surface area (Å²) in [4.78, 5) is 26.2. The Morgan fingerprint density at radius 1 is 0.469 bits per heavy atom. The summed E-state index contributed by atoms with van der Waals surface area (Å²) in [5.41, 5.74) is 0. The van der Waals surface area contributed by atoms with Gasteiger partial charge in [-0.2, -0.15) is 0 Å². The molecule has 1 amide bonds. The van der Waals surface area contributed by atoms with Crippen LogP contribution in [-0.4, -0.2) is 46.9 Å². The third-order valence-electron chi connectivity index (χ3n) is 12.1. The summed E-state index contributed by atoms with van der Waals surface area (Å²) in [5.74, 6) is -0.554. The molecular formula is C58H103NO5. The highest BCUT2D eigenvalue weighted by molar-refractivity contribution is 5.77. The number of allylic oxidation sites excluding steroid dienone is 12. The standard InChI is InChI=1S/C58H103NO5/c1-4-7-10-13-16-19-22-25-27-29-32-35-38-41-44-47-50-56(61)55(53-60)59-57(62)52-54(49-46-43-40-37-34-31-24-21-18-15-12-9-6-3)64-58(63)51-48-45-42-39-36-33-30-28-26-23-20-17-14-11-8-5-2/h9,12,15,18,21,24,28,30-31,34,37,40,54-56,60-61H,4-8,10-11,13-14,16-17,19-20,22-23,25-27,29,32-33,35-36,38-39,41-53H2,1-3H3,(H,59,62)/b12-9+,18-15+,24-21-,30-28+,34-31-,40-37+. The fraction of sp³-hybridized carbons (Fsp3) is 0.759. The Labute approximate surface area is 396 Å². The van der Waals surface area contributed by atoms with E-state index < -0.39 is 18.2 Å². The summed E-state index contributed by atoms with van der Waals surface area (Å²) in [7, 11) is 0. The predicted octanol–water partition coefficient (Wildman–Crippen LogP) is 16.6. The number of ether oxygens (including phenoxy) is 1. The zero-order valence-corrected chi connectivity index (χ0v) is 42.1. The molecule has 0 bridgehead atoms. The Bertz CT molecular complexity index is 1190. The maximum atomic E-state index is 13.2. The lowest BCUT2D eigenvalue weighted by molar-refractivity contribution is -0.151. The number of rotatable bonds is 48. The molecule has 0 aliphatic carbocycles. The molecule has 3 unspecified atom stereocenters. The molecule has 0 aliphatic heterocycles. The van der Waals surface area contributed by atoms with E-state index in [2.05, 4.69) is 50.4 Å². The molecule has 0 saturated heterocycles. The highest BCUT2D eigenvalue weighted by Crippen LogP contribution is 2.17. The van der Waals surface area contributed by atoms with Crippen molar-refractivity contribution in [3.05, 3.63) is 72.9 Å². The fourth-order valence-electron chi connectivity index (χ4n) is 8.04. The Morgan fingerprint density at radius 3 is 1.34 bits per heavy atom. The van der Waals surface area contributed by atoms with E-state index in [1.165, 1.54) is 148 Å². The summed E-state index contributed by atoms with van der Waals surface area (Å²) >= 11 is 0. The minimum atomic E-state index is -0.811. The van der Waals surface area contributed by atoms with Crippen molar-refractivity contribution in [2.75, 3.05) is 6.61 Å². The van der Waals surface area contributed by atoms with E-state index in [0.717, 1.165) is 64.2 Å². The van der Waals surface area contributed by atoms with Gasteiger partial charge in [0, 0.05) is 6.42 Å². The average molecular weight is 894 g/mol. The lowest BCUT2D eigenvalue weighted by Gasteiger charge is -2.24. The molecule has 6 nitrogen and oxygen atoms in total. The van der Waals surface area contributed by atoms with Crippen LogP contribution in [0.1, 0.15) is 258 Å². The second kappa shape index (κ2) is 51.3. The van der Waals surface area contributed by atoms with Gasteiger partial charge in [0.05, 0.1) is 25.2 Å². The molecule has 0 heterocycles. The molecular weight excluding hydrogens is 791 g/mol. The summed E-state index contributed by atoms with van der Waals surface area (Å²) in [6.45, 7) is 6.33. The van der Waals surface area contributed by atoms with Gasteiger partial charge in [0.15, 0.2) is 0 Å². The van der Waals surface area contributed by atoms with E-state index in [9.17, 15) is 19.8 Å². The molecule has 0 rings (SSSR count). The Kier molecular flexibility index (Phi) is 49.1. The van der Waals surface area contributed by atoms with Gasteiger partial charge < -0.3 is 20.3 Å². The van der Waals surface area contributed by atoms with E-state index in [-0.39, 0.29) is 24.9 Å². The molecule has 6 heteroatoms. The second-order valence-electron chi connectivity index (χ2n) is 18.4. The molecule has 3 N–H and O–H groups in total. The molecule has 3 atom stereocenters. The van der Waals surface area contributed by atoms with E-state index in [4.69, 9.17) is 4.74 Å². The van der Waals surface area contributed by atoms with Gasteiger partial charge >= 0.3 is 5.97 Å². The third kappa shape index (κ3) is 45.9. The first-order valence-corrected chi connectivity index (χ1v) is 27.2. The number of hydrogen-bond acceptors (Lipinski definition) is 5. The lowest BCUT2D eigenvalue weighted by Crippen LogP contribution is -2.46. The maximum Gasteiger partial charge on any atom is 0.306 e. The minimum absolute atomic E-state index is 0.0237. The van der Waals surface area contributed by atoms with Crippen molar-refractivity contribution in [3.8, 4) is 0 Å². The topological polar surface area (TPSA) is 95.9 Å². The Morgan fingerprint density at radius 2 is 0.875 bits per heavy atom. The molecule has 0 aromatic heterocycles. The van der Waals surface area contributed by atoms with Crippen LogP contribution in [0.15, 0.2) is 72.9 Å². The van der Waals surface area contributed by atoms with Crippen molar-refractivity contribution >= 4 is 11.9 Å². The van der Waals surface area contributed by atoms with Gasteiger partial charge in [-0.1, -0.05) is 254 Å². The first kappa shape index (κ1) is 61.3. The molecule has 0 spiro atoms. The highest BCUT2D eigenvalue weighted by atomic mass is 16.5. The van der Waals surface area contributed by atoms with Gasteiger partial charge in [-0.25, -0.2) is 0 Å². The summed E-state index contributed by atoms with van der Waals surface area (Å²) in [6.07, 6.45) is 65.4. The van der Waals surface area contributed by atoms with Crippen LogP contribution in [0.3, 0.4) is 0 Å². The fourth-order valence-corrected chi connectivity index (χ4v) is 8.04. The van der Waals surface area contributed by atoms with Crippen LogP contribution in [0.4, 0.5) is 0 Å². The minimum Gasteiger partial charge on any atom is -0.462 e. The second-order valence-corrected chi connectivity index (χ2v) is 18.4. The number of aliphatic hydroxyl groups excluding tert-OH is 2. The molecule has 64 heavy (non-hydrogen) atoms. The molecule has 0 radical (unpaired) electrons. The van der Waals surface area contributed by atoms with E-state index in [1.54, 1.807) is 0 Å². The van der Waals surface area contributed by atoms with Gasteiger partial charge in [0.25, 0.3) is 0 Å². The van der Waals surface area contributed by atoms with Crippen LogP contribution in [0.25, 0.3) is 0 Å². The average Bonchev–Trinajstić information content (AvgIpc) is 3.29. The van der Waals surface area contributed by atoms with Crippen molar-refractivity contribution < 1.29 is 24.5 Å². The van der Waals surface area contributed by atoms with Gasteiger partial charge in [-0.05, 0) is 64.2 Å². The highest BCUT2D eigenvalue weighted by Gasteiger charge is 2.24. The number of carbonyl (C=O) groups is 2. The van der Waals surface area contributed by atoms with Gasteiger partial charge in [-0.3, -0.25) is 9.59 Å². The number of hydrogen-bond donors (Lipinski definition) is 3. The van der Waals surface area contributed by atoms with Crippen LogP contribution < -0.4 is 5.32 Å². The molecule has 0 aromatic rings. The molecule has 370 valence electrons. The largest absolute Gasteiger partial charge is 0.462 e. The quantitative estimate of drug-likeness (QED) is 0.0245. The van der Waals surface area contributed by atoms with Crippen molar-refractivity contribution in [2.24, 2.45) is 0 Å². The number of nitrogens with one attached hydrogen (secondary N) is 1. The Balaban J connectivity index is 4.62. The van der Waals surface area contributed by atoms with Gasteiger partial charge in [0.1, 0.15) is 6.10 Å².